The Morgan fingerprint density at radius 3 is 2.92 bits per heavy atom. The van der Waals surface area contributed by atoms with E-state index >= 15 is 0 Å². The molecular weight excluding hydrogens is 155 g/mol. The molecule has 1 unspecified atom stereocenters. The summed E-state index contributed by atoms with van der Waals surface area (Å²) >= 11 is 0. The Morgan fingerprint density at radius 2 is 2.17 bits per heavy atom. The minimum Gasteiger partial charge on any atom is -0.460 e. The Morgan fingerprint density at radius 1 is 1.42 bits per heavy atom. The molecule has 3 nitrogen and oxygen atoms in total. The summed E-state index contributed by atoms with van der Waals surface area (Å²) in [6, 6.07) is 6.63. The van der Waals surface area contributed by atoms with Gasteiger partial charge in [-0.05, 0) is 6.07 Å². The second-order valence-corrected chi connectivity index (χ2v) is 2.66. The molecule has 1 heterocycles. The van der Waals surface area contributed by atoms with E-state index in [2.05, 4.69) is 0 Å². The van der Waals surface area contributed by atoms with Crippen molar-refractivity contribution in [3.05, 3.63) is 35.4 Å². The zero-order valence-electron chi connectivity index (χ0n) is 6.36. The molecular formula is C8H7BO3. The lowest BCUT2D eigenvalue weighted by Gasteiger charge is -2.02. The monoisotopic (exact) mass is 162 g/mol. The Labute approximate surface area is 70.2 Å². The van der Waals surface area contributed by atoms with Gasteiger partial charge in [-0.3, -0.25) is 0 Å². The third-order valence-electron chi connectivity index (χ3n) is 1.94. The van der Waals surface area contributed by atoms with Gasteiger partial charge in [0.2, 0.25) is 0 Å². The number of fused-ring (bicyclic) bond motifs is 1. The van der Waals surface area contributed by atoms with Gasteiger partial charge < -0.3 is 9.76 Å². The molecule has 0 radical (unpaired) electrons. The molecule has 1 aromatic rings. The maximum absolute atomic E-state index is 11.1. The fourth-order valence-corrected chi connectivity index (χ4v) is 1.36. The van der Waals surface area contributed by atoms with E-state index in [4.69, 9.17) is 9.76 Å². The number of hydrogen-bond acceptors (Lipinski definition) is 3. The molecule has 2 rings (SSSR count). The van der Waals surface area contributed by atoms with Crippen LogP contribution in [0.5, 0.6) is 0 Å². The predicted octanol–water partition coefficient (Wildman–Crippen LogP) is 0.199. The Balaban J connectivity index is 2.50. The molecule has 0 amide bonds. The van der Waals surface area contributed by atoms with E-state index in [9.17, 15) is 4.79 Å². The molecule has 1 aromatic carbocycles. The highest BCUT2D eigenvalue weighted by Crippen LogP contribution is 2.28. The van der Waals surface area contributed by atoms with E-state index in [1.807, 2.05) is 6.07 Å². The van der Waals surface area contributed by atoms with Gasteiger partial charge in [0.15, 0.2) is 0 Å². The predicted molar refractivity (Wildman–Crippen MR) is 44.0 cm³/mol. The molecule has 1 aliphatic rings. The van der Waals surface area contributed by atoms with Crippen molar-refractivity contribution in [2.45, 2.75) is 6.00 Å². The molecule has 1 atom stereocenters. The lowest BCUT2D eigenvalue weighted by Crippen LogP contribution is -2.06. The zero-order valence-corrected chi connectivity index (χ0v) is 6.36. The average molecular weight is 162 g/mol. The molecule has 1 aliphatic heterocycles. The molecule has 60 valence electrons. The van der Waals surface area contributed by atoms with Crippen LogP contribution in [0.4, 0.5) is 0 Å². The van der Waals surface area contributed by atoms with Crippen molar-refractivity contribution in [1.82, 2.24) is 0 Å². The first kappa shape index (κ1) is 7.37. The maximum atomic E-state index is 11.1. The van der Waals surface area contributed by atoms with Gasteiger partial charge in [-0.1, -0.05) is 18.2 Å². The Hall–Kier alpha value is -1.29. The van der Waals surface area contributed by atoms with Gasteiger partial charge >= 0.3 is 13.5 Å². The van der Waals surface area contributed by atoms with Crippen LogP contribution in [0.15, 0.2) is 24.3 Å². The van der Waals surface area contributed by atoms with Crippen LogP contribution in [-0.2, 0) is 4.74 Å². The van der Waals surface area contributed by atoms with Gasteiger partial charge in [0, 0.05) is 5.56 Å². The minimum absolute atomic E-state index is 0.150. The van der Waals surface area contributed by atoms with Gasteiger partial charge in [0.1, 0.15) is 6.00 Å². The largest absolute Gasteiger partial charge is 0.460 e. The summed E-state index contributed by atoms with van der Waals surface area (Å²) in [7, 11) is -0.150. The number of carbonyl (C=O) groups excluding carboxylic acids is 1. The number of rotatable bonds is 1. The molecule has 0 bridgehead atoms. The van der Waals surface area contributed by atoms with E-state index in [0.717, 1.165) is 5.56 Å². The summed E-state index contributed by atoms with van der Waals surface area (Å²) in [4.78, 5) is 11.1. The minimum atomic E-state index is -0.464. The molecule has 0 saturated heterocycles. The van der Waals surface area contributed by atoms with E-state index < -0.39 is 6.00 Å². The Kier molecular flexibility index (Phi) is 1.62. The summed E-state index contributed by atoms with van der Waals surface area (Å²) in [5.74, 6) is -0.343. The first-order valence-electron chi connectivity index (χ1n) is 3.73. The number of hydrogen-bond donors (Lipinski definition) is 1. The highest BCUT2D eigenvalue weighted by molar-refractivity contribution is 6.29. The summed E-state index contributed by atoms with van der Waals surface area (Å²) < 4.78 is 4.89. The molecule has 12 heavy (non-hydrogen) atoms. The first-order valence-corrected chi connectivity index (χ1v) is 3.73. The van der Waals surface area contributed by atoms with Crippen LogP contribution >= 0.6 is 0 Å². The first-order chi connectivity index (χ1) is 5.83. The summed E-state index contributed by atoms with van der Waals surface area (Å²) in [6.45, 7) is 0. The highest BCUT2D eigenvalue weighted by atomic mass is 16.5. The molecule has 1 N–H and O–H groups in total. The fourth-order valence-electron chi connectivity index (χ4n) is 1.36. The fraction of sp³-hybridized carbons (Fsp3) is 0.125. The van der Waals surface area contributed by atoms with Crippen molar-refractivity contribution in [1.29, 1.82) is 0 Å². The van der Waals surface area contributed by atoms with Crippen LogP contribution in [0.3, 0.4) is 0 Å². The summed E-state index contributed by atoms with van der Waals surface area (Å²) in [5.41, 5.74) is 1.35. The number of carbonyl (C=O) groups is 1. The normalized spacial score (nSPS) is 20.1. The van der Waals surface area contributed by atoms with Crippen molar-refractivity contribution in [3.8, 4) is 0 Å². The highest BCUT2D eigenvalue weighted by Gasteiger charge is 2.30. The summed E-state index contributed by atoms with van der Waals surface area (Å²) in [6.07, 6.45) is 0. The van der Waals surface area contributed by atoms with Gasteiger partial charge in [-0.15, -0.1) is 0 Å². The molecule has 0 spiro atoms. The quantitative estimate of drug-likeness (QED) is 0.473. The molecule has 0 aliphatic carbocycles. The Bertz CT molecular complexity index is 324. The van der Waals surface area contributed by atoms with Gasteiger partial charge in [-0.2, -0.15) is 0 Å². The third-order valence-corrected chi connectivity index (χ3v) is 1.94. The topological polar surface area (TPSA) is 46.5 Å². The third kappa shape index (κ3) is 0.922. The molecule has 0 aromatic heterocycles. The average Bonchev–Trinajstić information content (AvgIpc) is 2.44. The van der Waals surface area contributed by atoms with Crippen LogP contribution in [-0.4, -0.2) is 18.5 Å². The van der Waals surface area contributed by atoms with E-state index in [0.29, 0.717) is 5.56 Å². The van der Waals surface area contributed by atoms with Crippen molar-refractivity contribution >= 4 is 13.5 Å². The maximum Gasteiger partial charge on any atom is 0.338 e. The number of cyclic esters (lactones) is 1. The lowest BCUT2D eigenvalue weighted by atomic mass is 9.85. The smallest absolute Gasteiger partial charge is 0.338 e. The van der Waals surface area contributed by atoms with Crippen LogP contribution in [0.1, 0.15) is 21.9 Å². The molecule has 0 fully saturated rings. The number of benzene rings is 1. The van der Waals surface area contributed by atoms with E-state index in [1.54, 1.807) is 18.2 Å². The SMILES string of the molecule is O=C1OC(BO)c2ccccc21. The summed E-state index contributed by atoms with van der Waals surface area (Å²) in [5, 5.41) is 8.85. The van der Waals surface area contributed by atoms with Crippen LogP contribution in [0, 0.1) is 0 Å². The standard InChI is InChI=1S/C8H7BO3/c10-8-6-4-2-1-3-5(6)7(9-11)12-8/h1-4,7,9,11H. The van der Waals surface area contributed by atoms with Crippen LogP contribution < -0.4 is 0 Å². The zero-order chi connectivity index (χ0) is 8.55. The molecule has 4 heteroatoms. The van der Waals surface area contributed by atoms with Crippen molar-refractivity contribution < 1.29 is 14.6 Å². The van der Waals surface area contributed by atoms with Crippen molar-refractivity contribution in [2.24, 2.45) is 0 Å². The van der Waals surface area contributed by atoms with Crippen molar-refractivity contribution in [3.63, 3.8) is 0 Å². The molecule has 0 saturated carbocycles. The van der Waals surface area contributed by atoms with Crippen LogP contribution in [0.25, 0.3) is 0 Å². The second kappa shape index (κ2) is 2.64. The van der Waals surface area contributed by atoms with Gasteiger partial charge in [0.05, 0.1) is 5.56 Å². The van der Waals surface area contributed by atoms with Gasteiger partial charge in [-0.25, -0.2) is 4.79 Å². The van der Waals surface area contributed by atoms with Crippen LogP contribution in [0.2, 0.25) is 0 Å². The van der Waals surface area contributed by atoms with E-state index in [-0.39, 0.29) is 13.5 Å². The van der Waals surface area contributed by atoms with E-state index in [1.165, 1.54) is 0 Å². The number of esters is 1. The number of ether oxygens (including phenoxy) is 1. The second-order valence-electron chi connectivity index (χ2n) is 2.66. The van der Waals surface area contributed by atoms with Crippen molar-refractivity contribution in [2.75, 3.05) is 0 Å². The lowest BCUT2D eigenvalue weighted by molar-refractivity contribution is 0.0494. The van der Waals surface area contributed by atoms with Gasteiger partial charge in [0.25, 0.3) is 0 Å².